The summed E-state index contributed by atoms with van der Waals surface area (Å²) in [7, 11) is 1.58. The maximum atomic E-state index is 11.9. The van der Waals surface area contributed by atoms with Crippen molar-refractivity contribution in [3.05, 3.63) is 29.6 Å². The average molecular weight is 280 g/mol. The van der Waals surface area contributed by atoms with Gasteiger partial charge >= 0.3 is 5.97 Å². The number of aromatic amines is 1. The Morgan fingerprint density at radius 2 is 2.40 bits per heavy atom. The fourth-order valence-electron chi connectivity index (χ4n) is 2.59. The van der Waals surface area contributed by atoms with Gasteiger partial charge in [-0.05, 0) is 25.7 Å². The fourth-order valence-corrected chi connectivity index (χ4v) is 2.59. The number of rotatable bonds is 7. The molecule has 2 rings (SSSR count). The van der Waals surface area contributed by atoms with Gasteiger partial charge in [0, 0.05) is 12.7 Å². The second kappa shape index (κ2) is 6.67. The number of carbonyl (C=O) groups excluding carboxylic acids is 1. The van der Waals surface area contributed by atoms with Gasteiger partial charge in [0.2, 0.25) is 0 Å². The molecule has 1 N–H and O–H groups in total. The third-order valence-electron chi connectivity index (χ3n) is 3.37. The highest BCUT2D eigenvalue weighted by Crippen LogP contribution is 2.44. The van der Waals surface area contributed by atoms with Crippen LogP contribution in [0.3, 0.4) is 0 Å². The normalized spacial score (nSPS) is 20.7. The number of carbonyl (C=O) groups is 1. The highest BCUT2D eigenvalue weighted by atomic mass is 16.7. The van der Waals surface area contributed by atoms with E-state index in [1.54, 1.807) is 14.0 Å². The van der Waals surface area contributed by atoms with Gasteiger partial charge in [-0.2, -0.15) is 5.10 Å². The lowest BCUT2D eigenvalue weighted by molar-refractivity contribution is -0.0750. The molecule has 2 atom stereocenters. The molecule has 110 valence electrons. The molecule has 6 nitrogen and oxygen atoms in total. The van der Waals surface area contributed by atoms with Gasteiger partial charge in [-0.1, -0.05) is 6.08 Å². The first-order valence-corrected chi connectivity index (χ1v) is 6.69. The molecule has 0 saturated carbocycles. The summed E-state index contributed by atoms with van der Waals surface area (Å²) < 4.78 is 15.6. The van der Waals surface area contributed by atoms with Crippen LogP contribution in [0.2, 0.25) is 0 Å². The van der Waals surface area contributed by atoms with Crippen molar-refractivity contribution in [3.8, 4) is 0 Å². The van der Waals surface area contributed by atoms with Crippen molar-refractivity contribution in [2.24, 2.45) is 0 Å². The maximum Gasteiger partial charge on any atom is 0.359 e. The summed E-state index contributed by atoms with van der Waals surface area (Å²) in [6.07, 6.45) is 3.26. The van der Waals surface area contributed by atoms with E-state index in [0.717, 1.165) is 24.1 Å². The van der Waals surface area contributed by atoms with Crippen molar-refractivity contribution in [3.63, 3.8) is 0 Å². The van der Waals surface area contributed by atoms with Crippen LogP contribution >= 0.6 is 0 Å². The quantitative estimate of drug-likeness (QED) is 0.471. The number of nitrogens with zero attached hydrogens (tertiary/aromatic N) is 1. The van der Waals surface area contributed by atoms with Crippen molar-refractivity contribution >= 4 is 5.97 Å². The van der Waals surface area contributed by atoms with Crippen LogP contribution in [0.5, 0.6) is 0 Å². The average Bonchev–Trinajstić information content (AvgIpc) is 2.99. The predicted molar refractivity (Wildman–Crippen MR) is 72.4 cm³/mol. The number of allylic oxidation sites excluding steroid dienone is 1. The van der Waals surface area contributed by atoms with Crippen LogP contribution in [0.1, 0.15) is 53.5 Å². The smallest absolute Gasteiger partial charge is 0.359 e. The Morgan fingerprint density at radius 3 is 3.05 bits per heavy atom. The Hall–Kier alpha value is -1.66. The van der Waals surface area contributed by atoms with Crippen LogP contribution in [-0.2, 0) is 14.2 Å². The molecule has 20 heavy (non-hydrogen) atoms. The first-order chi connectivity index (χ1) is 9.72. The number of H-pyrrole nitrogens is 1. The summed E-state index contributed by atoms with van der Waals surface area (Å²) in [4.78, 5) is 11.9. The zero-order chi connectivity index (χ0) is 14.5. The van der Waals surface area contributed by atoms with Crippen LogP contribution in [0.25, 0.3) is 0 Å². The van der Waals surface area contributed by atoms with Crippen LogP contribution in [-0.4, -0.2) is 36.7 Å². The molecule has 0 amide bonds. The summed E-state index contributed by atoms with van der Waals surface area (Å²) in [5.74, 6) is -0.228. The monoisotopic (exact) mass is 280 g/mol. The lowest BCUT2D eigenvalue weighted by atomic mass is 9.98. The summed E-state index contributed by atoms with van der Waals surface area (Å²) in [5.41, 5.74) is 2.10. The van der Waals surface area contributed by atoms with Crippen molar-refractivity contribution < 1.29 is 19.0 Å². The molecule has 1 aliphatic rings. The highest BCUT2D eigenvalue weighted by Gasteiger charge is 2.37. The van der Waals surface area contributed by atoms with E-state index in [-0.39, 0.29) is 18.8 Å². The third-order valence-corrected chi connectivity index (χ3v) is 3.37. The predicted octanol–water partition coefficient (Wildman–Crippen LogP) is 2.31. The van der Waals surface area contributed by atoms with Gasteiger partial charge in [0.15, 0.2) is 5.69 Å². The van der Waals surface area contributed by atoms with Crippen molar-refractivity contribution in [2.75, 3.05) is 20.5 Å². The first kappa shape index (κ1) is 14.7. The molecule has 1 aromatic rings. The van der Waals surface area contributed by atoms with E-state index >= 15 is 0 Å². The van der Waals surface area contributed by atoms with Gasteiger partial charge in [-0.25, -0.2) is 4.79 Å². The van der Waals surface area contributed by atoms with Crippen LogP contribution in [0.4, 0.5) is 0 Å². The number of nitrogens with one attached hydrogen (secondary N) is 1. The minimum Gasteiger partial charge on any atom is -0.461 e. The minimum absolute atomic E-state index is 0.134. The Balaban J connectivity index is 2.27. The van der Waals surface area contributed by atoms with Crippen LogP contribution in [0, 0.1) is 0 Å². The summed E-state index contributed by atoms with van der Waals surface area (Å²) in [5, 5.41) is 7.00. The molecule has 0 aliphatic heterocycles. The largest absolute Gasteiger partial charge is 0.461 e. The number of methoxy groups -OCH3 is 1. The van der Waals surface area contributed by atoms with Crippen molar-refractivity contribution in [1.82, 2.24) is 10.2 Å². The van der Waals surface area contributed by atoms with Crippen molar-refractivity contribution in [2.45, 2.75) is 31.8 Å². The lowest BCUT2D eigenvalue weighted by Crippen LogP contribution is -2.09. The van der Waals surface area contributed by atoms with Gasteiger partial charge in [-0.15, -0.1) is 6.58 Å². The summed E-state index contributed by atoms with van der Waals surface area (Å²) in [6.45, 7) is 6.08. The number of hydrogen-bond acceptors (Lipinski definition) is 5. The molecule has 1 aromatic heterocycles. The number of hydrogen-bond donors (Lipinski definition) is 1. The molecule has 1 unspecified atom stereocenters. The third kappa shape index (κ3) is 2.76. The van der Waals surface area contributed by atoms with E-state index in [1.807, 2.05) is 6.08 Å². The van der Waals surface area contributed by atoms with Gasteiger partial charge in [-0.3, -0.25) is 5.10 Å². The SMILES string of the molecule is C=CC[C@H]1CC(OCOC)c2[nH]nc(C(=O)OCC)c21. The number of ether oxygens (including phenoxy) is 3. The molecular weight excluding hydrogens is 260 g/mol. The van der Waals surface area contributed by atoms with Gasteiger partial charge in [0.25, 0.3) is 0 Å². The van der Waals surface area contributed by atoms with E-state index in [1.165, 1.54) is 0 Å². The molecule has 1 heterocycles. The van der Waals surface area contributed by atoms with Gasteiger partial charge in [0.1, 0.15) is 12.9 Å². The Bertz CT molecular complexity index is 484. The Kier molecular flexibility index (Phi) is 4.92. The van der Waals surface area contributed by atoms with Gasteiger partial charge < -0.3 is 14.2 Å². The Morgan fingerprint density at radius 1 is 1.60 bits per heavy atom. The number of esters is 1. The molecule has 0 bridgehead atoms. The molecule has 0 spiro atoms. The number of fused-ring (bicyclic) bond motifs is 1. The maximum absolute atomic E-state index is 11.9. The molecule has 0 fully saturated rings. The topological polar surface area (TPSA) is 73.4 Å². The molecule has 0 aromatic carbocycles. The first-order valence-electron chi connectivity index (χ1n) is 6.69. The summed E-state index contributed by atoms with van der Waals surface area (Å²) in [6, 6.07) is 0. The lowest BCUT2D eigenvalue weighted by Gasteiger charge is -2.12. The molecule has 6 heteroatoms. The Labute approximate surface area is 118 Å². The minimum atomic E-state index is -0.397. The zero-order valence-corrected chi connectivity index (χ0v) is 11.8. The van der Waals surface area contributed by atoms with Crippen molar-refractivity contribution in [1.29, 1.82) is 0 Å². The van der Waals surface area contributed by atoms with E-state index < -0.39 is 5.97 Å². The number of aromatic nitrogens is 2. The second-order valence-electron chi connectivity index (χ2n) is 4.64. The molecule has 0 saturated heterocycles. The molecular formula is C14H20N2O4. The van der Waals surface area contributed by atoms with E-state index in [2.05, 4.69) is 16.8 Å². The summed E-state index contributed by atoms with van der Waals surface area (Å²) >= 11 is 0. The van der Waals surface area contributed by atoms with E-state index in [4.69, 9.17) is 14.2 Å². The second-order valence-corrected chi connectivity index (χ2v) is 4.64. The van der Waals surface area contributed by atoms with Crippen LogP contribution in [0.15, 0.2) is 12.7 Å². The fraction of sp³-hybridized carbons (Fsp3) is 0.571. The molecule has 1 aliphatic carbocycles. The van der Waals surface area contributed by atoms with Gasteiger partial charge in [0.05, 0.1) is 12.3 Å². The van der Waals surface area contributed by atoms with E-state index in [0.29, 0.717) is 12.3 Å². The molecule has 0 radical (unpaired) electrons. The van der Waals surface area contributed by atoms with Crippen LogP contribution < -0.4 is 0 Å². The highest BCUT2D eigenvalue weighted by molar-refractivity contribution is 5.89. The standard InChI is InChI=1S/C14H20N2O4/c1-4-6-9-7-10(20-8-18-3)12-11(9)13(16-15-12)14(17)19-5-2/h4,9-10H,1,5-8H2,2-3H3,(H,15,16)/t9-,10?/m0/s1. The van der Waals surface area contributed by atoms with E-state index in [9.17, 15) is 4.79 Å². The zero-order valence-electron chi connectivity index (χ0n) is 11.8.